The molecule has 0 aliphatic rings. The summed E-state index contributed by atoms with van der Waals surface area (Å²) in [5.74, 6) is -1.53. The van der Waals surface area contributed by atoms with E-state index in [9.17, 15) is 18.0 Å². The number of amides is 1. The van der Waals surface area contributed by atoms with Gasteiger partial charge in [-0.2, -0.15) is 18.4 Å². The van der Waals surface area contributed by atoms with Gasteiger partial charge in [0.05, 0.1) is 6.54 Å². The van der Waals surface area contributed by atoms with E-state index in [1.54, 1.807) is 17.4 Å². The summed E-state index contributed by atoms with van der Waals surface area (Å²) >= 11 is 0. The molecule has 0 saturated heterocycles. The second-order valence-electron chi connectivity index (χ2n) is 4.08. The van der Waals surface area contributed by atoms with Crippen LogP contribution in [-0.4, -0.2) is 32.7 Å². The van der Waals surface area contributed by atoms with Crippen molar-refractivity contribution in [3.63, 3.8) is 0 Å². The highest BCUT2D eigenvalue weighted by Gasteiger charge is 2.38. The number of aromatic amines is 1. The summed E-state index contributed by atoms with van der Waals surface area (Å²) in [6.45, 7) is 0.736. The summed E-state index contributed by atoms with van der Waals surface area (Å²) in [4.78, 5) is 10.8. The van der Waals surface area contributed by atoms with Crippen LogP contribution in [0.15, 0.2) is 24.3 Å². The van der Waals surface area contributed by atoms with Crippen LogP contribution in [0.4, 0.5) is 18.9 Å². The average molecular weight is 300 g/mol. The number of tetrazole rings is 1. The Kier molecular flexibility index (Phi) is 4.48. The predicted molar refractivity (Wildman–Crippen MR) is 65.8 cm³/mol. The summed E-state index contributed by atoms with van der Waals surface area (Å²) in [6, 6.07) is 6.10. The molecule has 1 amide bonds. The summed E-state index contributed by atoms with van der Waals surface area (Å²) in [6.07, 6.45) is -4.91. The first-order valence-corrected chi connectivity index (χ1v) is 5.85. The van der Waals surface area contributed by atoms with Crippen molar-refractivity contribution in [3.8, 4) is 0 Å². The van der Waals surface area contributed by atoms with Gasteiger partial charge in [-0.25, -0.2) is 0 Å². The molecule has 0 spiro atoms. The lowest BCUT2D eigenvalue weighted by Crippen LogP contribution is -2.29. The van der Waals surface area contributed by atoms with Gasteiger partial charge in [-0.3, -0.25) is 4.79 Å². The van der Waals surface area contributed by atoms with E-state index in [1.165, 1.54) is 12.1 Å². The van der Waals surface area contributed by atoms with E-state index in [1.807, 2.05) is 0 Å². The first-order valence-electron chi connectivity index (χ1n) is 5.85. The molecule has 3 N–H and O–H groups in total. The fraction of sp³-hybridized carbons (Fsp3) is 0.273. The second-order valence-corrected chi connectivity index (χ2v) is 4.08. The van der Waals surface area contributed by atoms with Gasteiger partial charge in [0.25, 0.3) is 0 Å². The maximum Gasteiger partial charge on any atom is 0.471 e. The van der Waals surface area contributed by atoms with Crippen molar-refractivity contribution in [1.82, 2.24) is 25.9 Å². The first kappa shape index (κ1) is 14.9. The van der Waals surface area contributed by atoms with Gasteiger partial charge < -0.3 is 10.6 Å². The summed E-state index contributed by atoms with van der Waals surface area (Å²) in [7, 11) is 0. The van der Waals surface area contributed by atoms with Crippen LogP contribution in [0.5, 0.6) is 0 Å². The number of carbonyl (C=O) groups excluding carboxylic acids is 1. The van der Waals surface area contributed by atoms with Gasteiger partial charge in [0.2, 0.25) is 0 Å². The molecule has 10 heteroatoms. The quantitative estimate of drug-likeness (QED) is 0.765. The zero-order valence-electron chi connectivity index (χ0n) is 10.6. The smallest absolute Gasteiger partial charge is 0.318 e. The number of rotatable bonds is 5. The Morgan fingerprint density at radius 3 is 2.76 bits per heavy atom. The van der Waals surface area contributed by atoms with Crippen molar-refractivity contribution < 1.29 is 18.0 Å². The Balaban J connectivity index is 1.90. The molecule has 0 aliphatic carbocycles. The molecule has 0 atom stereocenters. The summed E-state index contributed by atoms with van der Waals surface area (Å²) in [5, 5.41) is 18.0. The van der Waals surface area contributed by atoms with Gasteiger partial charge in [-0.1, -0.05) is 17.3 Å². The monoisotopic (exact) mass is 300 g/mol. The highest BCUT2D eigenvalue weighted by Crippen LogP contribution is 2.18. The maximum absolute atomic E-state index is 12.1. The number of hydrogen-bond acceptors (Lipinski definition) is 5. The van der Waals surface area contributed by atoms with E-state index >= 15 is 0 Å². The molecule has 1 aromatic carbocycles. The van der Waals surface area contributed by atoms with Crippen LogP contribution >= 0.6 is 0 Å². The van der Waals surface area contributed by atoms with Crippen LogP contribution in [0.25, 0.3) is 0 Å². The third-order valence-corrected chi connectivity index (χ3v) is 2.44. The van der Waals surface area contributed by atoms with E-state index in [4.69, 9.17) is 0 Å². The first-order chi connectivity index (χ1) is 9.95. The predicted octanol–water partition coefficient (Wildman–Crippen LogP) is 0.990. The largest absolute Gasteiger partial charge is 0.471 e. The zero-order valence-corrected chi connectivity index (χ0v) is 10.6. The Hall–Kier alpha value is -2.49. The number of nitrogens with zero attached hydrogens (tertiary/aromatic N) is 3. The lowest BCUT2D eigenvalue weighted by atomic mass is 10.2. The number of aromatic nitrogens is 4. The van der Waals surface area contributed by atoms with Gasteiger partial charge in [0, 0.05) is 12.2 Å². The van der Waals surface area contributed by atoms with Crippen molar-refractivity contribution in [2.24, 2.45) is 0 Å². The van der Waals surface area contributed by atoms with Gasteiger partial charge in [-0.15, -0.1) is 10.2 Å². The molecule has 21 heavy (non-hydrogen) atoms. The molecule has 0 bridgehead atoms. The summed E-state index contributed by atoms with van der Waals surface area (Å²) < 4.78 is 36.4. The molecule has 2 rings (SSSR count). The Bertz CT molecular complexity index is 598. The minimum absolute atomic E-state index is 0.0798. The van der Waals surface area contributed by atoms with Gasteiger partial charge in [0.1, 0.15) is 0 Å². The molecule has 0 radical (unpaired) electrons. The SMILES string of the molecule is O=C(Nc1cccc(CNCc2nn[nH]n2)c1)C(F)(F)F. The average Bonchev–Trinajstić information content (AvgIpc) is 2.91. The van der Waals surface area contributed by atoms with Gasteiger partial charge in [0.15, 0.2) is 5.82 Å². The van der Waals surface area contributed by atoms with Crippen LogP contribution < -0.4 is 10.6 Å². The molecular formula is C11H11F3N6O. The number of hydrogen-bond donors (Lipinski definition) is 3. The highest BCUT2D eigenvalue weighted by atomic mass is 19.4. The van der Waals surface area contributed by atoms with Crippen LogP contribution in [0.2, 0.25) is 0 Å². The third-order valence-electron chi connectivity index (χ3n) is 2.44. The Morgan fingerprint density at radius 1 is 1.29 bits per heavy atom. The molecule has 1 aromatic heterocycles. The van der Waals surface area contributed by atoms with E-state index in [0.29, 0.717) is 24.5 Å². The van der Waals surface area contributed by atoms with Crippen LogP contribution in [-0.2, 0) is 17.9 Å². The number of H-pyrrole nitrogens is 1. The Morgan fingerprint density at radius 2 is 2.10 bits per heavy atom. The van der Waals surface area contributed by atoms with Crippen LogP contribution in [0, 0.1) is 0 Å². The maximum atomic E-state index is 12.1. The fourth-order valence-corrected chi connectivity index (χ4v) is 1.54. The molecule has 1 heterocycles. The van der Waals surface area contributed by atoms with Gasteiger partial charge >= 0.3 is 12.1 Å². The highest BCUT2D eigenvalue weighted by molar-refractivity contribution is 5.94. The number of alkyl halides is 3. The molecule has 0 unspecified atom stereocenters. The molecule has 0 saturated carbocycles. The molecule has 2 aromatic rings. The van der Waals surface area contributed by atoms with E-state index in [-0.39, 0.29) is 5.69 Å². The molecule has 0 fully saturated rings. The molecule has 7 nitrogen and oxygen atoms in total. The minimum Gasteiger partial charge on any atom is -0.318 e. The number of halogens is 3. The lowest BCUT2D eigenvalue weighted by Gasteiger charge is -2.09. The van der Waals surface area contributed by atoms with Crippen molar-refractivity contribution >= 4 is 11.6 Å². The van der Waals surface area contributed by atoms with Crippen LogP contribution in [0.1, 0.15) is 11.4 Å². The summed E-state index contributed by atoms with van der Waals surface area (Å²) in [5.41, 5.74) is 0.787. The van der Waals surface area contributed by atoms with Crippen LogP contribution in [0.3, 0.4) is 0 Å². The standard InChI is InChI=1S/C11H11F3N6O/c12-11(13,14)10(21)16-8-3-1-2-7(4-8)5-15-6-9-17-19-20-18-9/h1-4,15H,5-6H2,(H,16,21)(H,17,18,19,20). The number of anilines is 1. The molecular weight excluding hydrogens is 289 g/mol. The topological polar surface area (TPSA) is 95.6 Å². The van der Waals surface area contributed by atoms with Gasteiger partial charge in [-0.05, 0) is 17.7 Å². The van der Waals surface area contributed by atoms with E-state index < -0.39 is 12.1 Å². The number of nitrogens with one attached hydrogen (secondary N) is 3. The second kappa shape index (κ2) is 6.31. The van der Waals surface area contributed by atoms with Crippen molar-refractivity contribution in [2.45, 2.75) is 19.3 Å². The Labute approximate surface area is 116 Å². The lowest BCUT2D eigenvalue weighted by molar-refractivity contribution is -0.167. The van der Waals surface area contributed by atoms with E-state index in [0.717, 1.165) is 0 Å². The number of benzene rings is 1. The fourth-order valence-electron chi connectivity index (χ4n) is 1.54. The molecule has 112 valence electrons. The van der Waals surface area contributed by atoms with Crippen molar-refractivity contribution in [3.05, 3.63) is 35.7 Å². The van der Waals surface area contributed by atoms with E-state index in [2.05, 4.69) is 25.9 Å². The number of carbonyl (C=O) groups is 1. The van der Waals surface area contributed by atoms with Crippen molar-refractivity contribution in [2.75, 3.05) is 5.32 Å². The molecule has 0 aliphatic heterocycles. The third kappa shape index (κ3) is 4.53. The normalized spacial score (nSPS) is 11.4. The zero-order chi connectivity index (χ0) is 15.3. The van der Waals surface area contributed by atoms with Crippen molar-refractivity contribution in [1.29, 1.82) is 0 Å². The minimum atomic E-state index is -4.91.